The number of ketones is 6. The lowest BCUT2D eigenvalue weighted by Crippen LogP contribution is -2.69. The first kappa shape index (κ1) is 49.9. The van der Waals surface area contributed by atoms with E-state index < -0.39 is 120 Å². The first-order valence-corrected chi connectivity index (χ1v) is 23.8. The van der Waals surface area contributed by atoms with Gasteiger partial charge in [-0.25, -0.2) is 0 Å². The predicted octanol–water partition coefficient (Wildman–Crippen LogP) is 7.48. The molecule has 6 aliphatic rings. The molecule has 8 rings (SSSR count). The number of aliphatic hydroxyl groups excluding tert-OH is 4. The number of fused-ring (bicyclic) bond motifs is 6. The number of hydrogen-bond acceptors (Lipinski definition) is 13. The summed E-state index contributed by atoms with van der Waals surface area (Å²) in [7, 11) is 0. The van der Waals surface area contributed by atoms with Crippen LogP contribution < -0.4 is 0 Å². The lowest BCUT2D eigenvalue weighted by atomic mass is 9.43. The molecule has 7 N–H and O–H groups in total. The Labute approximate surface area is 407 Å². The van der Waals surface area contributed by atoms with Gasteiger partial charge in [0.1, 0.15) is 39.9 Å². The van der Waals surface area contributed by atoms with E-state index in [1.165, 1.54) is 6.07 Å². The van der Waals surface area contributed by atoms with Crippen LogP contribution in [0.25, 0.3) is 11.5 Å². The molecule has 2 aromatic carbocycles. The van der Waals surface area contributed by atoms with Crippen LogP contribution in [-0.2, 0) is 41.6 Å². The topological polar surface area (TPSA) is 244 Å². The van der Waals surface area contributed by atoms with Crippen molar-refractivity contribution in [3.63, 3.8) is 0 Å². The summed E-state index contributed by atoms with van der Waals surface area (Å²) in [5.41, 5.74) is -9.32. The van der Waals surface area contributed by atoms with Gasteiger partial charge < -0.3 is 35.7 Å². The number of aliphatic hydroxyl groups is 6. The Kier molecular flexibility index (Phi) is 11.4. The molecular formula is C57H60O13. The van der Waals surface area contributed by atoms with Crippen LogP contribution >= 0.6 is 0 Å². The molecule has 0 bridgehead atoms. The molecule has 0 amide bonds. The van der Waals surface area contributed by atoms with E-state index in [4.69, 9.17) is 0 Å². The van der Waals surface area contributed by atoms with Crippen molar-refractivity contribution >= 4 is 46.2 Å². The number of rotatable bonds is 5. The molecule has 2 saturated carbocycles. The van der Waals surface area contributed by atoms with E-state index in [9.17, 15) is 64.5 Å². The Bertz CT molecular complexity index is 2910. The summed E-state index contributed by atoms with van der Waals surface area (Å²) in [6.07, 6.45) is 0.783. The molecule has 2 fully saturated rings. The average Bonchev–Trinajstić information content (AvgIpc) is 3.22. The molecule has 2 unspecified atom stereocenters. The highest BCUT2D eigenvalue weighted by atomic mass is 16.4. The van der Waals surface area contributed by atoms with Crippen molar-refractivity contribution in [2.24, 2.45) is 45.3 Å². The van der Waals surface area contributed by atoms with Gasteiger partial charge in [-0.2, -0.15) is 0 Å². The number of benzene rings is 2. The number of hydrogen-bond donors (Lipinski definition) is 7. The Balaban J connectivity index is 1.11. The molecule has 0 aliphatic heterocycles. The molecule has 8 atom stereocenters. The van der Waals surface area contributed by atoms with Crippen LogP contribution in [-0.4, -0.2) is 81.6 Å². The summed E-state index contributed by atoms with van der Waals surface area (Å²) in [5.74, 6) is 1.51. The maximum atomic E-state index is 14.7. The first-order valence-electron chi connectivity index (χ1n) is 23.8. The van der Waals surface area contributed by atoms with Crippen molar-refractivity contribution < 1.29 is 64.5 Å². The smallest absolute Gasteiger partial charge is 0.203 e. The number of Topliss-reactive ketones (excluding diaryl/α,β-unsaturated/α-hetero) is 6. The zero-order valence-electron chi connectivity index (χ0n) is 41.4. The minimum absolute atomic E-state index is 0.00910. The van der Waals surface area contributed by atoms with Crippen LogP contribution in [0.2, 0.25) is 0 Å². The second-order valence-corrected chi connectivity index (χ2v) is 22.3. The molecule has 13 nitrogen and oxygen atoms in total. The second kappa shape index (κ2) is 16.0. The molecule has 366 valence electrons. The van der Waals surface area contributed by atoms with Crippen LogP contribution in [0.5, 0.6) is 5.75 Å². The third-order valence-electron chi connectivity index (χ3n) is 16.8. The van der Waals surface area contributed by atoms with Gasteiger partial charge in [-0.1, -0.05) is 85.1 Å². The number of allylic oxidation sites excluding steroid dienone is 2. The summed E-state index contributed by atoms with van der Waals surface area (Å²) in [6, 6.07) is 6.52. The molecular weight excluding hydrogens is 893 g/mol. The number of carbonyl (C=O) groups is 6. The SMILES string of the molecule is CC(=O)C1=C(O)[C@]2(O)C(=O)C3=C(O)c4c(C)ccc(C#CCCC#Cc5ccc(O)c6c5C[C@]5(C)C[C@]7(C)C(C(C)C)C(=O)C(C(C)=O)=C(O)[C@]7(O)C(=O)C5=C6O)c4C[C@]3(C)C[C@]2(C)C(C(C)C)C1=O. The van der Waals surface area contributed by atoms with E-state index in [0.717, 1.165) is 13.8 Å². The maximum Gasteiger partial charge on any atom is 0.203 e. The fraction of sp³-hybridized carbons (Fsp3) is 0.474. The van der Waals surface area contributed by atoms with Gasteiger partial charge in [-0.3, -0.25) is 28.8 Å². The van der Waals surface area contributed by atoms with Gasteiger partial charge in [-0.05, 0) is 93.2 Å². The van der Waals surface area contributed by atoms with E-state index in [-0.39, 0.29) is 66.7 Å². The summed E-state index contributed by atoms with van der Waals surface area (Å²) in [6.45, 7) is 17.6. The summed E-state index contributed by atoms with van der Waals surface area (Å²) >= 11 is 0. The van der Waals surface area contributed by atoms with E-state index in [0.29, 0.717) is 33.4 Å². The number of aromatic hydroxyl groups is 1. The van der Waals surface area contributed by atoms with Crippen molar-refractivity contribution in [3.8, 4) is 29.4 Å². The highest BCUT2D eigenvalue weighted by Crippen LogP contribution is 2.67. The third kappa shape index (κ3) is 6.33. The number of unbranched alkanes of at least 4 members (excludes halogenated alkanes) is 1. The molecule has 0 aromatic heterocycles. The number of phenols is 1. The molecule has 0 radical (unpaired) electrons. The monoisotopic (exact) mass is 952 g/mol. The van der Waals surface area contributed by atoms with Crippen molar-refractivity contribution in [2.45, 2.75) is 126 Å². The highest BCUT2D eigenvalue weighted by Gasteiger charge is 2.74. The zero-order valence-corrected chi connectivity index (χ0v) is 41.4. The number of carbonyl (C=O) groups excluding carboxylic acids is 6. The van der Waals surface area contributed by atoms with Crippen molar-refractivity contribution in [1.29, 1.82) is 0 Å². The Morgan fingerprint density at radius 2 is 0.986 bits per heavy atom. The van der Waals surface area contributed by atoms with E-state index in [1.54, 1.807) is 74.4 Å². The normalized spacial score (nSPS) is 32.3. The van der Waals surface area contributed by atoms with Crippen molar-refractivity contribution in [1.82, 2.24) is 0 Å². The van der Waals surface area contributed by atoms with Crippen LogP contribution in [0.4, 0.5) is 0 Å². The fourth-order valence-corrected chi connectivity index (χ4v) is 14.3. The van der Waals surface area contributed by atoms with Crippen LogP contribution in [0, 0.1) is 75.9 Å². The zero-order chi connectivity index (χ0) is 51.9. The van der Waals surface area contributed by atoms with Gasteiger partial charge >= 0.3 is 0 Å². The maximum absolute atomic E-state index is 14.7. The third-order valence-corrected chi connectivity index (χ3v) is 16.8. The standard InChI is InChI=1S/C57H60O13/c1-26(2)40-45(62)37(29(6)58)48(65)56(69)50(67)42-44(61)36-28(5)18-19-31(33(36)22-52(42,8)24-54(40,56)10)16-14-12-13-15-17-32-20-21-35(60)39-34(32)23-53(9)25-55(11)41(27(3)4)46(63)38(30(7)59)49(66)57(55,70)51(68)43(53)47(39)64/h18-21,26-27,40-41,60-61,64-66,69-70H,12-13,22-25H2,1-11H3/t40?,41?,52-,53-,54-,55-,56+,57+/m1/s1. The second-order valence-electron chi connectivity index (χ2n) is 22.3. The number of phenolic OH excluding ortho intramolecular Hbond substituents is 1. The molecule has 70 heavy (non-hydrogen) atoms. The minimum atomic E-state index is -2.72. The molecule has 0 saturated heterocycles. The average molecular weight is 953 g/mol. The lowest BCUT2D eigenvalue weighted by Gasteiger charge is -2.59. The Hall–Kier alpha value is -6.54. The van der Waals surface area contributed by atoms with Crippen molar-refractivity contribution in [3.05, 3.63) is 97.0 Å². The lowest BCUT2D eigenvalue weighted by molar-refractivity contribution is -0.179. The van der Waals surface area contributed by atoms with E-state index in [1.807, 2.05) is 6.07 Å². The van der Waals surface area contributed by atoms with E-state index in [2.05, 4.69) is 23.7 Å². The Morgan fingerprint density at radius 3 is 1.37 bits per heavy atom. The summed E-state index contributed by atoms with van der Waals surface area (Å²) < 4.78 is 0. The van der Waals surface area contributed by atoms with Gasteiger partial charge in [0.05, 0.1) is 5.56 Å². The van der Waals surface area contributed by atoms with Gasteiger partial charge in [0, 0.05) is 74.2 Å². The molecule has 0 heterocycles. The van der Waals surface area contributed by atoms with Crippen LogP contribution in [0.3, 0.4) is 0 Å². The van der Waals surface area contributed by atoms with Crippen LogP contribution in [0.1, 0.15) is 134 Å². The molecule has 13 heteroatoms. The quantitative estimate of drug-likeness (QED) is 0.0875. The van der Waals surface area contributed by atoms with Gasteiger partial charge in [0.25, 0.3) is 0 Å². The van der Waals surface area contributed by atoms with Gasteiger partial charge in [0.2, 0.25) is 11.6 Å². The number of aryl methyl sites for hydroxylation is 1. The van der Waals surface area contributed by atoms with Crippen molar-refractivity contribution in [2.75, 3.05) is 0 Å². The predicted molar refractivity (Wildman–Crippen MR) is 258 cm³/mol. The molecule has 0 spiro atoms. The van der Waals surface area contributed by atoms with Crippen LogP contribution in [0.15, 0.2) is 58.1 Å². The highest BCUT2D eigenvalue weighted by molar-refractivity contribution is 6.25. The summed E-state index contributed by atoms with van der Waals surface area (Å²) in [4.78, 5) is 82.6. The fourth-order valence-electron chi connectivity index (χ4n) is 14.3. The van der Waals surface area contributed by atoms with Gasteiger partial charge in [-0.15, -0.1) is 0 Å². The Morgan fingerprint density at radius 1 is 0.614 bits per heavy atom. The summed E-state index contributed by atoms with van der Waals surface area (Å²) in [5, 5.41) is 82.8. The first-order chi connectivity index (χ1) is 32.4. The minimum Gasteiger partial charge on any atom is -0.508 e. The molecule has 6 aliphatic carbocycles. The van der Waals surface area contributed by atoms with Gasteiger partial charge in [0.15, 0.2) is 34.3 Å². The molecule has 2 aromatic rings. The largest absolute Gasteiger partial charge is 0.508 e. The van der Waals surface area contributed by atoms with E-state index >= 15 is 0 Å².